The Balaban J connectivity index is 2.19. The topological polar surface area (TPSA) is 112 Å². The van der Waals surface area contributed by atoms with Crippen molar-refractivity contribution in [1.82, 2.24) is 15.6 Å². The molecule has 0 fully saturated rings. The zero-order chi connectivity index (χ0) is 12.0. The highest BCUT2D eigenvalue weighted by Gasteiger charge is 2.13. The summed E-state index contributed by atoms with van der Waals surface area (Å²) in [6, 6.07) is -0.534. The van der Waals surface area contributed by atoms with Crippen LogP contribution in [0, 0.1) is 0 Å². The summed E-state index contributed by atoms with van der Waals surface area (Å²) in [5, 5.41) is 21.9. The highest BCUT2D eigenvalue weighted by Crippen LogP contribution is 2.03. The number of carbonyl (C=O) groups excluding carboxylic acids is 1. The van der Waals surface area contributed by atoms with E-state index in [1.165, 1.54) is 11.3 Å². The standard InChI is InChI=1S/C8H11N3O4S/c12-6(7(13)14)3-11-8(15)10-2-5-1-9-4-16-5/h1,4,6,12H,2-3H2,(H,13,14)(H2,10,11,15). The third-order valence-corrected chi connectivity index (χ3v) is 2.43. The molecule has 88 valence electrons. The summed E-state index contributed by atoms with van der Waals surface area (Å²) >= 11 is 1.40. The SMILES string of the molecule is O=C(NCc1cncs1)NCC(O)C(=O)O. The summed E-state index contributed by atoms with van der Waals surface area (Å²) < 4.78 is 0. The normalized spacial score (nSPS) is 11.8. The van der Waals surface area contributed by atoms with Crippen LogP contribution in [0.15, 0.2) is 11.7 Å². The van der Waals surface area contributed by atoms with E-state index >= 15 is 0 Å². The average molecular weight is 245 g/mol. The largest absolute Gasteiger partial charge is 0.479 e. The minimum Gasteiger partial charge on any atom is -0.479 e. The molecule has 1 heterocycles. The minimum atomic E-state index is -1.59. The second-order valence-electron chi connectivity index (χ2n) is 2.89. The number of thiazole rings is 1. The summed E-state index contributed by atoms with van der Waals surface area (Å²) in [5.41, 5.74) is 1.64. The maximum atomic E-state index is 11.1. The van der Waals surface area contributed by atoms with Crippen LogP contribution in [0.4, 0.5) is 4.79 Å². The van der Waals surface area contributed by atoms with Crippen LogP contribution in [-0.4, -0.2) is 39.8 Å². The summed E-state index contributed by atoms with van der Waals surface area (Å²) in [7, 11) is 0. The van der Waals surface area contributed by atoms with Crippen molar-refractivity contribution in [2.24, 2.45) is 0 Å². The quantitative estimate of drug-likeness (QED) is 0.553. The number of urea groups is 1. The van der Waals surface area contributed by atoms with Crippen molar-refractivity contribution in [3.05, 3.63) is 16.6 Å². The number of hydrogen-bond donors (Lipinski definition) is 4. The molecule has 0 aliphatic heterocycles. The Morgan fingerprint density at radius 3 is 2.81 bits per heavy atom. The zero-order valence-electron chi connectivity index (χ0n) is 8.21. The fourth-order valence-corrected chi connectivity index (χ4v) is 1.37. The van der Waals surface area contributed by atoms with Crippen LogP contribution < -0.4 is 10.6 Å². The summed E-state index contributed by atoms with van der Waals surface area (Å²) in [6.07, 6.45) is 0.0333. The van der Waals surface area contributed by atoms with Crippen LogP contribution in [0.5, 0.6) is 0 Å². The van der Waals surface area contributed by atoms with E-state index in [9.17, 15) is 9.59 Å². The molecule has 0 spiro atoms. The van der Waals surface area contributed by atoms with Gasteiger partial charge in [0.15, 0.2) is 6.10 Å². The molecule has 0 saturated carbocycles. The molecule has 16 heavy (non-hydrogen) atoms. The lowest BCUT2D eigenvalue weighted by molar-refractivity contribution is -0.146. The number of nitrogens with one attached hydrogen (secondary N) is 2. The zero-order valence-corrected chi connectivity index (χ0v) is 9.03. The Kier molecular flexibility index (Phi) is 4.67. The van der Waals surface area contributed by atoms with Crippen molar-refractivity contribution in [3.63, 3.8) is 0 Å². The molecule has 0 aliphatic carbocycles. The number of carboxylic acids is 1. The number of aliphatic carboxylic acids is 1. The lowest BCUT2D eigenvalue weighted by Crippen LogP contribution is -2.41. The Labute approximate surface area is 95.1 Å². The van der Waals surface area contributed by atoms with Crippen molar-refractivity contribution in [1.29, 1.82) is 0 Å². The van der Waals surface area contributed by atoms with Gasteiger partial charge in [-0.25, -0.2) is 9.59 Å². The Morgan fingerprint density at radius 1 is 1.50 bits per heavy atom. The lowest BCUT2D eigenvalue weighted by atomic mass is 10.4. The van der Waals surface area contributed by atoms with Crippen LogP contribution in [-0.2, 0) is 11.3 Å². The molecule has 1 unspecified atom stereocenters. The summed E-state index contributed by atoms with van der Waals surface area (Å²) in [4.78, 5) is 26.1. The van der Waals surface area contributed by atoms with E-state index in [2.05, 4.69) is 15.6 Å². The molecule has 0 aliphatic rings. The van der Waals surface area contributed by atoms with Gasteiger partial charge in [0.25, 0.3) is 0 Å². The van der Waals surface area contributed by atoms with Gasteiger partial charge < -0.3 is 20.8 Å². The monoisotopic (exact) mass is 245 g/mol. The fourth-order valence-electron chi connectivity index (χ4n) is 0.836. The van der Waals surface area contributed by atoms with Crippen molar-refractivity contribution >= 4 is 23.3 Å². The molecular weight excluding hydrogens is 234 g/mol. The lowest BCUT2D eigenvalue weighted by Gasteiger charge is -2.08. The number of aliphatic hydroxyl groups is 1. The smallest absolute Gasteiger partial charge is 0.334 e. The first-order valence-electron chi connectivity index (χ1n) is 4.39. The van der Waals surface area contributed by atoms with Gasteiger partial charge >= 0.3 is 12.0 Å². The summed E-state index contributed by atoms with van der Waals surface area (Å²) in [5.74, 6) is -1.37. The van der Waals surface area contributed by atoms with Crippen molar-refractivity contribution in [2.75, 3.05) is 6.54 Å². The Hall–Kier alpha value is -1.67. The number of rotatable bonds is 5. The molecule has 8 heteroatoms. The third-order valence-electron chi connectivity index (χ3n) is 1.65. The predicted molar refractivity (Wildman–Crippen MR) is 56.0 cm³/mol. The average Bonchev–Trinajstić information content (AvgIpc) is 2.75. The van der Waals surface area contributed by atoms with Gasteiger partial charge in [-0.1, -0.05) is 0 Å². The molecule has 0 bridgehead atoms. The fraction of sp³-hybridized carbons (Fsp3) is 0.375. The second-order valence-corrected chi connectivity index (χ2v) is 3.86. The van der Waals surface area contributed by atoms with Gasteiger partial charge in [0.05, 0.1) is 18.6 Å². The molecule has 2 amide bonds. The second kappa shape index (κ2) is 6.03. The van der Waals surface area contributed by atoms with E-state index in [4.69, 9.17) is 10.2 Å². The van der Waals surface area contributed by atoms with E-state index in [1.54, 1.807) is 11.7 Å². The number of carboxylic acid groups (broad SMARTS) is 1. The highest BCUT2D eigenvalue weighted by atomic mass is 32.1. The molecule has 1 rings (SSSR count). The van der Waals surface area contributed by atoms with Gasteiger partial charge in [0.2, 0.25) is 0 Å². The summed E-state index contributed by atoms with van der Waals surface area (Å²) in [6.45, 7) is -0.0104. The number of aliphatic hydroxyl groups excluding tert-OH is 1. The molecule has 0 aromatic carbocycles. The molecule has 1 atom stereocenters. The van der Waals surface area contributed by atoms with E-state index in [0.717, 1.165) is 4.88 Å². The van der Waals surface area contributed by atoms with Gasteiger partial charge in [-0.05, 0) is 0 Å². The molecular formula is C8H11N3O4S. The van der Waals surface area contributed by atoms with Crippen LogP contribution in [0.25, 0.3) is 0 Å². The van der Waals surface area contributed by atoms with Crippen LogP contribution >= 0.6 is 11.3 Å². The van der Waals surface area contributed by atoms with E-state index in [-0.39, 0.29) is 6.54 Å². The first-order valence-corrected chi connectivity index (χ1v) is 5.27. The first-order chi connectivity index (χ1) is 7.59. The number of nitrogens with zero attached hydrogens (tertiary/aromatic N) is 1. The molecule has 0 radical (unpaired) electrons. The first kappa shape index (κ1) is 12.4. The molecule has 1 aromatic heterocycles. The molecule has 4 N–H and O–H groups in total. The van der Waals surface area contributed by atoms with Crippen molar-refractivity contribution in [3.8, 4) is 0 Å². The van der Waals surface area contributed by atoms with E-state index in [1.807, 2.05) is 0 Å². The van der Waals surface area contributed by atoms with Gasteiger partial charge in [-0.2, -0.15) is 0 Å². The molecule has 0 saturated heterocycles. The van der Waals surface area contributed by atoms with Gasteiger partial charge in [-0.3, -0.25) is 4.98 Å². The number of aromatic nitrogens is 1. The molecule has 7 nitrogen and oxygen atoms in total. The van der Waals surface area contributed by atoms with Crippen molar-refractivity contribution in [2.45, 2.75) is 12.6 Å². The Bertz CT molecular complexity index is 354. The number of hydrogen-bond acceptors (Lipinski definition) is 5. The van der Waals surface area contributed by atoms with Crippen LogP contribution in [0.2, 0.25) is 0 Å². The van der Waals surface area contributed by atoms with E-state index < -0.39 is 18.1 Å². The number of carbonyl (C=O) groups is 2. The highest BCUT2D eigenvalue weighted by molar-refractivity contribution is 7.09. The van der Waals surface area contributed by atoms with Crippen molar-refractivity contribution < 1.29 is 19.8 Å². The maximum absolute atomic E-state index is 11.1. The van der Waals surface area contributed by atoms with Crippen LogP contribution in [0.1, 0.15) is 4.88 Å². The Morgan fingerprint density at radius 2 is 2.25 bits per heavy atom. The van der Waals surface area contributed by atoms with Gasteiger partial charge in [0, 0.05) is 11.1 Å². The van der Waals surface area contributed by atoms with E-state index in [0.29, 0.717) is 6.54 Å². The minimum absolute atomic E-state index is 0.319. The third kappa shape index (κ3) is 4.24. The van der Waals surface area contributed by atoms with Gasteiger partial charge in [0.1, 0.15) is 0 Å². The molecule has 1 aromatic rings. The van der Waals surface area contributed by atoms with Crippen LogP contribution in [0.3, 0.4) is 0 Å². The maximum Gasteiger partial charge on any atom is 0.334 e. The predicted octanol–water partition coefficient (Wildman–Crippen LogP) is -0.612. The number of amides is 2. The van der Waals surface area contributed by atoms with Gasteiger partial charge in [-0.15, -0.1) is 11.3 Å².